The lowest BCUT2D eigenvalue weighted by molar-refractivity contribution is 0.0860. The molecule has 3 rings (SSSR count). The predicted molar refractivity (Wildman–Crippen MR) is 90.3 cm³/mol. The van der Waals surface area contributed by atoms with Gasteiger partial charge in [-0.15, -0.1) is 0 Å². The highest BCUT2D eigenvalue weighted by atomic mass is 35.5. The second kappa shape index (κ2) is 6.94. The minimum atomic E-state index is -0.0356. The number of aromatic nitrogens is 1. The Morgan fingerprint density at radius 3 is 2.82 bits per heavy atom. The van der Waals surface area contributed by atoms with E-state index in [1.807, 2.05) is 18.3 Å². The van der Waals surface area contributed by atoms with Crippen LogP contribution in [0.4, 0.5) is 0 Å². The Hall–Kier alpha value is -1.85. The molecule has 1 aromatic heterocycles. The summed E-state index contributed by atoms with van der Waals surface area (Å²) in [5.74, 6) is 0.712. The summed E-state index contributed by atoms with van der Waals surface area (Å²) in [5.41, 5.74) is 1.74. The van der Waals surface area contributed by atoms with E-state index in [9.17, 15) is 4.79 Å². The SMILES string of the molecule is O=C(c1ccc(Cl)cc1)N1CCN=C1SCc1cccnc1. The summed E-state index contributed by atoms with van der Waals surface area (Å²) >= 11 is 7.42. The molecule has 0 aliphatic carbocycles. The summed E-state index contributed by atoms with van der Waals surface area (Å²) in [6.45, 7) is 1.27. The van der Waals surface area contributed by atoms with Crippen molar-refractivity contribution in [2.45, 2.75) is 5.75 Å². The van der Waals surface area contributed by atoms with Gasteiger partial charge in [-0.05, 0) is 35.9 Å². The number of benzene rings is 1. The van der Waals surface area contributed by atoms with Crippen molar-refractivity contribution in [3.05, 3.63) is 64.9 Å². The molecule has 2 aromatic rings. The molecule has 0 saturated carbocycles. The molecule has 0 bridgehead atoms. The van der Waals surface area contributed by atoms with E-state index >= 15 is 0 Å². The van der Waals surface area contributed by atoms with Crippen LogP contribution in [-0.2, 0) is 5.75 Å². The third-order valence-corrected chi connectivity index (χ3v) is 4.57. The highest BCUT2D eigenvalue weighted by Gasteiger charge is 2.25. The van der Waals surface area contributed by atoms with Gasteiger partial charge in [0.2, 0.25) is 0 Å². The molecule has 0 unspecified atom stereocenters. The molecule has 22 heavy (non-hydrogen) atoms. The summed E-state index contributed by atoms with van der Waals surface area (Å²) in [5, 5.41) is 1.39. The first kappa shape index (κ1) is 15.1. The zero-order chi connectivity index (χ0) is 15.4. The van der Waals surface area contributed by atoms with Gasteiger partial charge in [0.05, 0.1) is 6.54 Å². The number of amides is 1. The Bertz CT molecular complexity index is 688. The predicted octanol–water partition coefficient (Wildman–Crippen LogP) is 3.48. The second-order valence-corrected chi connectivity index (χ2v) is 6.16. The van der Waals surface area contributed by atoms with Crippen LogP contribution in [0.3, 0.4) is 0 Å². The molecule has 4 nitrogen and oxygen atoms in total. The van der Waals surface area contributed by atoms with Gasteiger partial charge >= 0.3 is 0 Å². The standard InChI is InChI=1S/C16H14ClN3OS/c17-14-5-3-13(4-6-14)15(21)20-9-8-19-16(20)22-11-12-2-1-7-18-10-12/h1-7,10H,8-9,11H2. The summed E-state index contributed by atoms with van der Waals surface area (Å²) in [6.07, 6.45) is 3.57. The Labute approximate surface area is 138 Å². The zero-order valence-electron chi connectivity index (χ0n) is 11.8. The first-order chi connectivity index (χ1) is 10.7. The van der Waals surface area contributed by atoms with Crippen molar-refractivity contribution in [2.24, 2.45) is 4.99 Å². The third-order valence-electron chi connectivity index (χ3n) is 3.23. The van der Waals surface area contributed by atoms with Crippen LogP contribution in [0.25, 0.3) is 0 Å². The number of rotatable bonds is 3. The molecular formula is C16H14ClN3OS. The molecular weight excluding hydrogens is 318 g/mol. The van der Waals surface area contributed by atoms with E-state index in [-0.39, 0.29) is 5.91 Å². The highest BCUT2D eigenvalue weighted by molar-refractivity contribution is 8.13. The Morgan fingerprint density at radius 1 is 1.27 bits per heavy atom. The molecule has 0 atom stereocenters. The van der Waals surface area contributed by atoms with Gasteiger partial charge < -0.3 is 0 Å². The number of carbonyl (C=O) groups is 1. The Morgan fingerprint density at radius 2 is 2.09 bits per heavy atom. The average Bonchev–Trinajstić information content (AvgIpc) is 3.02. The van der Waals surface area contributed by atoms with Crippen molar-refractivity contribution >= 4 is 34.4 Å². The van der Waals surface area contributed by atoms with E-state index in [0.717, 1.165) is 16.5 Å². The van der Waals surface area contributed by atoms with Gasteiger partial charge in [0.25, 0.3) is 5.91 Å². The fourth-order valence-electron chi connectivity index (χ4n) is 2.12. The van der Waals surface area contributed by atoms with Crippen LogP contribution in [0.5, 0.6) is 0 Å². The molecule has 0 spiro atoms. The van der Waals surface area contributed by atoms with Crippen LogP contribution >= 0.6 is 23.4 Å². The van der Waals surface area contributed by atoms with Crippen molar-refractivity contribution in [2.75, 3.05) is 13.1 Å². The molecule has 1 aliphatic rings. The Balaban J connectivity index is 1.67. The maximum atomic E-state index is 12.6. The van der Waals surface area contributed by atoms with Crippen LogP contribution in [-0.4, -0.2) is 34.0 Å². The van der Waals surface area contributed by atoms with Crippen molar-refractivity contribution < 1.29 is 4.79 Å². The van der Waals surface area contributed by atoms with Crippen molar-refractivity contribution in [1.29, 1.82) is 0 Å². The van der Waals surface area contributed by atoms with Gasteiger partial charge in [0.15, 0.2) is 5.17 Å². The summed E-state index contributed by atoms with van der Waals surface area (Å²) in [7, 11) is 0. The molecule has 1 amide bonds. The number of thioether (sulfide) groups is 1. The van der Waals surface area contributed by atoms with Crippen LogP contribution in [0.2, 0.25) is 5.02 Å². The van der Waals surface area contributed by atoms with Gasteiger partial charge in [-0.2, -0.15) is 0 Å². The maximum Gasteiger partial charge on any atom is 0.259 e. The summed E-state index contributed by atoms with van der Waals surface area (Å²) in [4.78, 5) is 22.8. The van der Waals surface area contributed by atoms with Crippen LogP contribution < -0.4 is 0 Å². The molecule has 112 valence electrons. The largest absolute Gasteiger partial charge is 0.286 e. The van der Waals surface area contributed by atoms with Crippen LogP contribution in [0, 0.1) is 0 Å². The van der Waals surface area contributed by atoms with E-state index in [1.54, 1.807) is 47.1 Å². The number of carbonyl (C=O) groups excluding carboxylic acids is 1. The molecule has 0 N–H and O–H groups in total. The van der Waals surface area contributed by atoms with Crippen LogP contribution in [0.15, 0.2) is 53.8 Å². The van der Waals surface area contributed by atoms with Crippen molar-refractivity contribution in [1.82, 2.24) is 9.88 Å². The summed E-state index contributed by atoms with van der Waals surface area (Å²) in [6, 6.07) is 10.9. The topological polar surface area (TPSA) is 45.6 Å². The lowest BCUT2D eigenvalue weighted by Gasteiger charge is -2.17. The highest BCUT2D eigenvalue weighted by Crippen LogP contribution is 2.21. The van der Waals surface area contributed by atoms with Gasteiger partial charge in [-0.3, -0.25) is 19.7 Å². The lowest BCUT2D eigenvalue weighted by atomic mass is 10.2. The monoisotopic (exact) mass is 331 g/mol. The average molecular weight is 332 g/mol. The molecule has 6 heteroatoms. The zero-order valence-corrected chi connectivity index (χ0v) is 13.3. The third kappa shape index (κ3) is 3.48. The Kier molecular flexibility index (Phi) is 4.75. The second-order valence-electron chi connectivity index (χ2n) is 4.78. The molecule has 1 aliphatic heterocycles. The molecule has 2 heterocycles. The number of aliphatic imine (C=N–C) groups is 1. The smallest absolute Gasteiger partial charge is 0.259 e. The van der Waals surface area contributed by atoms with Crippen molar-refractivity contribution in [3.63, 3.8) is 0 Å². The van der Waals surface area contributed by atoms with Gasteiger partial charge in [0.1, 0.15) is 0 Å². The van der Waals surface area contributed by atoms with E-state index in [2.05, 4.69) is 9.98 Å². The number of hydrogen-bond acceptors (Lipinski definition) is 4. The van der Waals surface area contributed by atoms with E-state index < -0.39 is 0 Å². The number of pyridine rings is 1. The van der Waals surface area contributed by atoms with E-state index in [1.165, 1.54) is 0 Å². The lowest BCUT2D eigenvalue weighted by Crippen LogP contribution is -2.32. The quantitative estimate of drug-likeness (QED) is 0.865. The normalized spacial score (nSPS) is 14.0. The molecule has 0 saturated heterocycles. The van der Waals surface area contributed by atoms with Crippen LogP contribution in [0.1, 0.15) is 15.9 Å². The van der Waals surface area contributed by atoms with Gasteiger partial charge in [-0.1, -0.05) is 29.4 Å². The fraction of sp³-hybridized carbons (Fsp3) is 0.188. The fourth-order valence-corrected chi connectivity index (χ4v) is 3.22. The molecule has 1 aromatic carbocycles. The summed E-state index contributed by atoms with van der Waals surface area (Å²) < 4.78 is 0. The number of amidine groups is 1. The number of nitrogens with zero attached hydrogens (tertiary/aromatic N) is 3. The minimum Gasteiger partial charge on any atom is -0.286 e. The number of hydrogen-bond donors (Lipinski definition) is 0. The van der Waals surface area contributed by atoms with Gasteiger partial charge in [-0.25, -0.2) is 0 Å². The van der Waals surface area contributed by atoms with E-state index in [0.29, 0.717) is 23.7 Å². The first-order valence-electron chi connectivity index (χ1n) is 6.87. The van der Waals surface area contributed by atoms with Crippen molar-refractivity contribution in [3.8, 4) is 0 Å². The first-order valence-corrected chi connectivity index (χ1v) is 8.24. The van der Waals surface area contributed by atoms with Gasteiger partial charge in [0, 0.05) is 35.3 Å². The maximum absolute atomic E-state index is 12.6. The molecule has 0 radical (unpaired) electrons. The minimum absolute atomic E-state index is 0.0356. The van der Waals surface area contributed by atoms with E-state index in [4.69, 9.17) is 11.6 Å². The number of halogens is 1. The molecule has 0 fully saturated rings.